The smallest absolute Gasteiger partial charge is 0.243 e. The van der Waals surface area contributed by atoms with Gasteiger partial charge in [-0.3, -0.25) is 4.79 Å². The standard InChI is InChI=1S/C50H75N3O5S/c1-33(2)31-53(59(57,58)36-17-15-35(51)16-18-36)32-40(54)39(29-34-13-11-10-12-14-34)52-44(56)50-27-25-45(3,4)30-38(50)37-19-20-42-47(7)23-22-43(55)46(5,6)41(47)21-24-49(42,9)48(37,8)26-28-50/h10-19,33,38-43,54-55H,20-32,51H2,1-9H3,(H,52,56)/t38-,39-,40+,41-,42+,43+,47-,48+,49+,50-/m0/s1. The van der Waals surface area contributed by atoms with Gasteiger partial charge in [0.15, 0.2) is 0 Å². The Balaban J connectivity index is 1.22. The van der Waals surface area contributed by atoms with Crippen molar-refractivity contribution in [2.75, 3.05) is 18.8 Å². The first-order valence-corrected chi connectivity index (χ1v) is 24.2. The van der Waals surface area contributed by atoms with E-state index in [0.29, 0.717) is 23.9 Å². The zero-order chi connectivity index (χ0) is 43.0. The quantitative estimate of drug-likeness (QED) is 0.132. The molecule has 9 heteroatoms. The van der Waals surface area contributed by atoms with E-state index in [2.05, 4.69) is 59.9 Å². The number of nitrogen functional groups attached to an aromatic ring is 1. The van der Waals surface area contributed by atoms with Crippen molar-refractivity contribution in [3.05, 3.63) is 71.8 Å². The molecule has 1 amide bonds. The summed E-state index contributed by atoms with van der Waals surface area (Å²) in [6.07, 6.45) is 11.1. The van der Waals surface area contributed by atoms with Crippen LogP contribution >= 0.6 is 0 Å². The van der Waals surface area contributed by atoms with Gasteiger partial charge in [-0.1, -0.05) is 104 Å². The van der Waals surface area contributed by atoms with Crippen LogP contribution in [0.25, 0.3) is 0 Å². The van der Waals surface area contributed by atoms with E-state index in [-0.39, 0.29) is 68.9 Å². The predicted molar refractivity (Wildman–Crippen MR) is 238 cm³/mol. The molecule has 0 bridgehead atoms. The molecule has 0 spiro atoms. The van der Waals surface area contributed by atoms with E-state index in [1.807, 2.05) is 44.2 Å². The molecule has 4 fully saturated rings. The Morgan fingerprint density at radius 3 is 2.19 bits per heavy atom. The van der Waals surface area contributed by atoms with Crippen LogP contribution in [0.4, 0.5) is 5.69 Å². The van der Waals surface area contributed by atoms with Crippen molar-refractivity contribution in [1.82, 2.24) is 9.62 Å². The number of hydrogen-bond donors (Lipinski definition) is 4. The summed E-state index contributed by atoms with van der Waals surface area (Å²) >= 11 is 0. The number of nitrogens with one attached hydrogen (secondary N) is 1. The number of allylic oxidation sites excluding steroid dienone is 2. The number of nitrogens with two attached hydrogens (primary N) is 1. The zero-order valence-electron chi connectivity index (χ0n) is 37.6. The van der Waals surface area contributed by atoms with Crippen LogP contribution in [0.5, 0.6) is 0 Å². The minimum atomic E-state index is -3.97. The lowest BCUT2D eigenvalue weighted by molar-refractivity contribution is -0.203. The first-order valence-electron chi connectivity index (χ1n) is 22.8. The molecule has 7 rings (SSSR count). The van der Waals surface area contributed by atoms with Crippen LogP contribution in [0.1, 0.15) is 132 Å². The van der Waals surface area contributed by atoms with Crippen LogP contribution in [0.2, 0.25) is 0 Å². The number of carbonyl (C=O) groups excluding carboxylic acids is 1. The summed E-state index contributed by atoms with van der Waals surface area (Å²) in [6, 6.07) is 15.4. The molecule has 0 aliphatic heterocycles. The second-order valence-electron chi connectivity index (χ2n) is 22.4. The molecule has 0 radical (unpaired) electrons. The van der Waals surface area contributed by atoms with Gasteiger partial charge < -0.3 is 21.3 Å². The maximum absolute atomic E-state index is 15.4. The minimum absolute atomic E-state index is 0.00342. The summed E-state index contributed by atoms with van der Waals surface area (Å²) in [5.74, 6) is 1.08. The number of sulfonamides is 1. The molecule has 326 valence electrons. The Morgan fingerprint density at radius 2 is 1.53 bits per heavy atom. The van der Waals surface area contributed by atoms with Gasteiger partial charge in [0.1, 0.15) is 0 Å². The molecule has 2 aromatic rings. The van der Waals surface area contributed by atoms with Crippen LogP contribution in [0, 0.1) is 56.2 Å². The highest BCUT2D eigenvalue weighted by Crippen LogP contribution is 2.75. The van der Waals surface area contributed by atoms with Crippen LogP contribution in [-0.4, -0.2) is 60.2 Å². The molecule has 10 atom stereocenters. The molecular weight excluding hydrogens is 755 g/mol. The number of anilines is 1. The molecule has 0 heterocycles. The Hall–Kier alpha value is -2.72. The molecule has 8 nitrogen and oxygen atoms in total. The maximum atomic E-state index is 15.4. The highest BCUT2D eigenvalue weighted by atomic mass is 32.2. The van der Waals surface area contributed by atoms with Gasteiger partial charge in [0, 0.05) is 18.8 Å². The Labute approximate surface area is 356 Å². The van der Waals surface area contributed by atoms with E-state index < -0.39 is 27.6 Å². The molecule has 59 heavy (non-hydrogen) atoms. The third-order valence-electron chi connectivity index (χ3n) is 17.6. The van der Waals surface area contributed by atoms with Gasteiger partial charge in [0.05, 0.1) is 28.6 Å². The fourth-order valence-corrected chi connectivity index (χ4v) is 15.5. The summed E-state index contributed by atoms with van der Waals surface area (Å²) in [7, 11) is -3.97. The van der Waals surface area contributed by atoms with E-state index in [4.69, 9.17) is 5.73 Å². The number of hydrogen-bond acceptors (Lipinski definition) is 6. The summed E-state index contributed by atoms with van der Waals surface area (Å²) in [5, 5.41) is 26.9. The summed E-state index contributed by atoms with van der Waals surface area (Å²) in [5.41, 5.74) is 8.36. The van der Waals surface area contributed by atoms with E-state index in [0.717, 1.165) is 69.8 Å². The second-order valence-corrected chi connectivity index (χ2v) is 24.3. The van der Waals surface area contributed by atoms with Crippen LogP contribution in [0.3, 0.4) is 0 Å². The summed E-state index contributed by atoms with van der Waals surface area (Å²) < 4.78 is 29.6. The van der Waals surface area contributed by atoms with E-state index in [9.17, 15) is 18.6 Å². The first kappa shape index (κ1) is 44.3. The Bertz CT molecular complexity index is 2000. The van der Waals surface area contributed by atoms with Gasteiger partial charge in [0.2, 0.25) is 15.9 Å². The van der Waals surface area contributed by atoms with Crippen molar-refractivity contribution in [3.8, 4) is 0 Å². The predicted octanol–water partition coefficient (Wildman–Crippen LogP) is 9.17. The summed E-state index contributed by atoms with van der Waals surface area (Å²) in [6.45, 7) is 21.0. The van der Waals surface area contributed by atoms with Gasteiger partial charge in [-0.05, 0) is 151 Å². The molecule has 4 saturated carbocycles. The van der Waals surface area contributed by atoms with Crippen molar-refractivity contribution < 1.29 is 23.4 Å². The lowest BCUT2D eigenvalue weighted by atomic mass is 9.33. The van der Waals surface area contributed by atoms with Crippen molar-refractivity contribution in [2.45, 2.75) is 156 Å². The van der Waals surface area contributed by atoms with Crippen molar-refractivity contribution >= 4 is 21.6 Å². The van der Waals surface area contributed by atoms with Crippen LogP contribution < -0.4 is 11.1 Å². The van der Waals surface area contributed by atoms with Crippen molar-refractivity contribution in [3.63, 3.8) is 0 Å². The number of amides is 1. The van der Waals surface area contributed by atoms with Crippen LogP contribution in [0.15, 0.2) is 71.1 Å². The van der Waals surface area contributed by atoms with E-state index in [1.54, 1.807) is 12.1 Å². The van der Waals surface area contributed by atoms with Gasteiger partial charge >= 0.3 is 0 Å². The number of fused-ring (bicyclic) bond motifs is 7. The highest BCUT2D eigenvalue weighted by Gasteiger charge is 2.69. The SMILES string of the molecule is CC(C)CN(C[C@@H](O)[C@H](Cc1ccccc1)NC(=O)[C@]12CCC(C)(C)C[C@H]1C1=CC[C@@H]3[C@@]4(C)CC[C@@H](O)C(C)(C)[C@@H]4CC[C@@]3(C)[C@]1(C)CC2)S(=O)(=O)c1ccc(N)cc1. The molecule has 5 aliphatic carbocycles. The molecular formula is C50H75N3O5S. The second kappa shape index (κ2) is 15.6. The zero-order valence-corrected chi connectivity index (χ0v) is 38.4. The lowest BCUT2D eigenvalue weighted by Crippen LogP contribution is -2.66. The van der Waals surface area contributed by atoms with Gasteiger partial charge in [-0.2, -0.15) is 4.31 Å². The third-order valence-corrected chi connectivity index (χ3v) is 19.5. The Morgan fingerprint density at radius 1 is 0.864 bits per heavy atom. The largest absolute Gasteiger partial charge is 0.399 e. The lowest BCUT2D eigenvalue weighted by Gasteiger charge is -2.71. The molecule has 0 saturated heterocycles. The molecule has 0 aromatic heterocycles. The van der Waals surface area contributed by atoms with Gasteiger partial charge in [-0.15, -0.1) is 0 Å². The third kappa shape index (κ3) is 7.54. The number of aliphatic hydroxyl groups excluding tert-OH is 2. The molecule has 0 unspecified atom stereocenters. The van der Waals surface area contributed by atoms with Crippen molar-refractivity contribution in [2.24, 2.45) is 56.2 Å². The number of nitrogens with zero attached hydrogens (tertiary/aromatic N) is 1. The number of rotatable bonds is 11. The molecule has 5 N–H and O–H groups in total. The van der Waals surface area contributed by atoms with Crippen LogP contribution in [-0.2, 0) is 21.2 Å². The number of benzene rings is 2. The molecule has 5 aliphatic rings. The first-order chi connectivity index (χ1) is 27.5. The molecule has 2 aromatic carbocycles. The van der Waals surface area contributed by atoms with Gasteiger partial charge in [-0.25, -0.2) is 8.42 Å². The van der Waals surface area contributed by atoms with Gasteiger partial charge in [0.25, 0.3) is 0 Å². The normalized spacial score (nSPS) is 36.0. The fourth-order valence-electron chi connectivity index (χ4n) is 13.9. The monoisotopic (exact) mass is 830 g/mol. The van der Waals surface area contributed by atoms with Crippen molar-refractivity contribution in [1.29, 1.82) is 0 Å². The highest BCUT2D eigenvalue weighted by molar-refractivity contribution is 7.89. The average Bonchev–Trinajstić information content (AvgIpc) is 3.16. The maximum Gasteiger partial charge on any atom is 0.243 e. The number of carbonyl (C=O) groups is 1. The Kier molecular flexibility index (Phi) is 11.7. The fraction of sp³-hybridized carbons (Fsp3) is 0.700. The van der Waals surface area contributed by atoms with E-state index >= 15 is 4.79 Å². The summed E-state index contributed by atoms with van der Waals surface area (Å²) in [4.78, 5) is 15.6. The van der Waals surface area contributed by atoms with E-state index in [1.165, 1.54) is 22.0 Å². The topological polar surface area (TPSA) is 133 Å². The minimum Gasteiger partial charge on any atom is -0.399 e. The average molecular weight is 830 g/mol. The number of aliphatic hydroxyl groups is 2.